The highest BCUT2D eigenvalue weighted by Gasteiger charge is 2.41. The lowest BCUT2D eigenvalue weighted by Crippen LogP contribution is -2.32. The smallest absolute Gasteiger partial charge is 0.268 e. The van der Waals surface area contributed by atoms with E-state index < -0.39 is 5.91 Å². The number of imide groups is 1. The van der Waals surface area contributed by atoms with Crippen LogP contribution in [0.5, 0.6) is 0 Å². The summed E-state index contributed by atoms with van der Waals surface area (Å²) in [6.07, 6.45) is 0. The number of hydrogen-bond donors (Lipinski definition) is 0. The molecule has 0 saturated heterocycles. The van der Waals surface area contributed by atoms with Crippen LogP contribution in [-0.4, -0.2) is 11.8 Å². The quantitative estimate of drug-likeness (QED) is 0.413. The monoisotopic (exact) mass is 453 g/mol. The van der Waals surface area contributed by atoms with Gasteiger partial charge in [0.05, 0.1) is 21.2 Å². The van der Waals surface area contributed by atoms with Gasteiger partial charge in [-0.2, -0.15) is 0 Å². The van der Waals surface area contributed by atoms with Crippen molar-refractivity contribution in [3.05, 3.63) is 98.4 Å². The number of nitrogens with zero attached hydrogens (tertiary/aromatic N) is 1. The summed E-state index contributed by atoms with van der Waals surface area (Å²) in [5.74, 6) is -0.750. The lowest BCUT2D eigenvalue weighted by Gasteiger charge is -2.18. The van der Waals surface area contributed by atoms with Crippen molar-refractivity contribution in [1.82, 2.24) is 0 Å². The van der Waals surface area contributed by atoms with E-state index in [4.69, 9.17) is 23.2 Å². The highest BCUT2D eigenvalue weighted by Crippen LogP contribution is 2.44. The van der Waals surface area contributed by atoms with Crippen molar-refractivity contribution in [3.63, 3.8) is 0 Å². The van der Waals surface area contributed by atoms with Crippen molar-refractivity contribution >= 4 is 58.0 Å². The minimum Gasteiger partial charge on any atom is -0.268 e. The van der Waals surface area contributed by atoms with Gasteiger partial charge in [0.15, 0.2) is 0 Å². The van der Waals surface area contributed by atoms with Gasteiger partial charge < -0.3 is 0 Å². The maximum Gasteiger partial charge on any atom is 0.272 e. The molecule has 3 aromatic carbocycles. The average molecular weight is 454 g/mol. The van der Waals surface area contributed by atoms with Crippen LogP contribution < -0.4 is 4.90 Å². The van der Waals surface area contributed by atoms with E-state index in [1.165, 1.54) is 16.7 Å². The lowest BCUT2D eigenvalue weighted by atomic mass is 10.1. The maximum atomic E-state index is 13.6. The highest BCUT2D eigenvalue weighted by molar-refractivity contribution is 8.04. The van der Waals surface area contributed by atoms with E-state index in [9.17, 15) is 9.59 Å². The number of aryl methyl sites for hydroxylation is 2. The standard InChI is InChI=1S/C24H17Cl2NO2S/c1-14-8-9-15(2)20(12-14)27-23(28)21(18-11-10-16(25)13-19(18)26)22(24(27)29)30-17-6-4-3-5-7-17/h3-13H,1-2H3. The topological polar surface area (TPSA) is 37.4 Å². The van der Waals surface area contributed by atoms with Crippen LogP contribution in [0.15, 0.2) is 76.5 Å². The number of rotatable bonds is 4. The lowest BCUT2D eigenvalue weighted by molar-refractivity contribution is -0.119. The normalized spacial score (nSPS) is 14.1. The van der Waals surface area contributed by atoms with Crippen molar-refractivity contribution < 1.29 is 9.59 Å². The molecule has 0 atom stereocenters. The Morgan fingerprint density at radius 1 is 0.833 bits per heavy atom. The second kappa shape index (κ2) is 8.31. The number of hydrogen-bond acceptors (Lipinski definition) is 3. The molecule has 3 aromatic rings. The van der Waals surface area contributed by atoms with Gasteiger partial charge >= 0.3 is 0 Å². The molecule has 1 aliphatic rings. The average Bonchev–Trinajstić information content (AvgIpc) is 2.95. The molecule has 0 bridgehead atoms. The van der Waals surface area contributed by atoms with E-state index in [0.29, 0.717) is 26.2 Å². The van der Waals surface area contributed by atoms with Gasteiger partial charge in [-0.1, -0.05) is 71.4 Å². The van der Waals surface area contributed by atoms with Crippen molar-refractivity contribution in [1.29, 1.82) is 0 Å². The number of benzene rings is 3. The van der Waals surface area contributed by atoms with E-state index >= 15 is 0 Å². The first-order chi connectivity index (χ1) is 14.4. The Balaban J connectivity index is 1.89. The molecule has 0 unspecified atom stereocenters. The van der Waals surface area contributed by atoms with Crippen molar-refractivity contribution in [2.75, 3.05) is 4.90 Å². The van der Waals surface area contributed by atoms with Gasteiger partial charge in [-0.25, -0.2) is 4.90 Å². The summed E-state index contributed by atoms with van der Waals surface area (Å²) in [5.41, 5.74) is 3.17. The fraction of sp³-hybridized carbons (Fsp3) is 0.0833. The first-order valence-corrected chi connectivity index (χ1v) is 10.8. The second-order valence-electron chi connectivity index (χ2n) is 6.98. The van der Waals surface area contributed by atoms with Crippen molar-refractivity contribution in [2.24, 2.45) is 0 Å². The van der Waals surface area contributed by atoms with Gasteiger partial charge in [0.2, 0.25) is 0 Å². The number of anilines is 1. The Labute approximate surface area is 189 Å². The summed E-state index contributed by atoms with van der Waals surface area (Å²) in [5, 5.41) is 0.789. The third-order valence-electron chi connectivity index (χ3n) is 4.81. The molecule has 0 fully saturated rings. The van der Waals surface area contributed by atoms with Crippen LogP contribution in [0.1, 0.15) is 16.7 Å². The molecular weight excluding hydrogens is 437 g/mol. The first kappa shape index (κ1) is 20.7. The number of carbonyl (C=O) groups excluding carboxylic acids is 2. The number of amides is 2. The molecule has 30 heavy (non-hydrogen) atoms. The zero-order chi connectivity index (χ0) is 21.4. The van der Waals surface area contributed by atoms with Crippen LogP contribution in [0.4, 0.5) is 5.69 Å². The van der Waals surface area contributed by atoms with Crippen LogP contribution in [0.2, 0.25) is 10.0 Å². The third kappa shape index (κ3) is 3.79. The van der Waals surface area contributed by atoms with E-state index in [0.717, 1.165) is 16.0 Å². The molecule has 1 aliphatic heterocycles. The minimum atomic E-state index is -0.392. The minimum absolute atomic E-state index is 0.288. The summed E-state index contributed by atoms with van der Waals surface area (Å²) < 4.78 is 0. The van der Waals surface area contributed by atoms with Gasteiger partial charge in [0, 0.05) is 15.5 Å². The molecule has 0 aromatic heterocycles. The fourth-order valence-corrected chi connectivity index (χ4v) is 4.83. The van der Waals surface area contributed by atoms with Gasteiger partial charge in [-0.05, 0) is 55.3 Å². The van der Waals surface area contributed by atoms with E-state index in [-0.39, 0.29) is 11.5 Å². The molecule has 0 spiro atoms. The number of halogens is 2. The highest BCUT2D eigenvalue weighted by atomic mass is 35.5. The van der Waals surface area contributed by atoms with Crippen LogP contribution in [0.3, 0.4) is 0 Å². The largest absolute Gasteiger partial charge is 0.272 e. The molecule has 4 rings (SSSR count). The SMILES string of the molecule is Cc1ccc(C)c(N2C(=O)C(Sc3ccccc3)=C(c3ccc(Cl)cc3Cl)C2=O)c1. The van der Waals surface area contributed by atoms with E-state index in [1.807, 2.05) is 62.4 Å². The first-order valence-electron chi connectivity index (χ1n) is 9.25. The predicted octanol–water partition coefficient (Wildman–Crippen LogP) is 6.69. The van der Waals surface area contributed by atoms with E-state index in [2.05, 4.69) is 0 Å². The Morgan fingerprint density at radius 3 is 2.27 bits per heavy atom. The maximum absolute atomic E-state index is 13.6. The summed E-state index contributed by atoms with van der Waals surface area (Å²) in [4.78, 5) is 29.5. The number of carbonyl (C=O) groups is 2. The number of thioether (sulfide) groups is 1. The summed E-state index contributed by atoms with van der Waals surface area (Å²) in [6.45, 7) is 3.81. The fourth-order valence-electron chi connectivity index (χ4n) is 3.32. The van der Waals surface area contributed by atoms with Gasteiger partial charge in [-0.15, -0.1) is 0 Å². The Kier molecular flexibility index (Phi) is 5.74. The molecule has 6 heteroatoms. The van der Waals surface area contributed by atoms with Gasteiger partial charge in [0.25, 0.3) is 11.8 Å². The summed E-state index contributed by atoms with van der Waals surface area (Å²) in [6, 6.07) is 20.1. The molecule has 2 amide bonds. The molecule has 150 valence electrons. The second-order valence-corrected chi connectivity index (χ2v) is 8.91. The molecule has 0 radical (unpaired) electrons. The Morgan fingerprint density at radius 2 is 1.57 bits per heavy atom. The molecular formula is C24H17Cl2NO2S. The summed E-state index contributed by atoms with van der Waals surface area (Å²) >= 11 is 13.7. The van der Waals surface area contributed by atoms with Crippen molar-refractivity contribution in [3.8, 4) is 0 Å². The Hall–Kier alpha value is -2.53. The zero-order valence-electron chi connectivity index (χ0n) is 16.3. The molecule has 3 nitrogen and oxygen atoms in total. The molecule has 1 heterocycles. The molecule has 0 aliphatic carbocycles. The van der Waals surface area contributed by atoms with Gasteiger partial charge in [-0.3, -0.25) is 9.59 Å². The van der Waals surface area contributed by atoms with Crippen LogP contribution in [0, 0.1) is 13.8 Å². The van der Waals surface area contributed by atoms with E-state index in [1.54, 1.807) is 18.2 Å². The molecule has 0 N–H and O–H groups in total. The predicted molar refractivity (Wildman–Crippen MR) is 124 cm³/mol. The Bertz CT molecular complexity index is 1210. The van der Waals surface area contributed by atoms with Gasteiger partial charge in [0.1, 0.15) is 0 Å². The van der Waals surface area contributed by atoms with Crippen LogP contribution >= 0.6 is 35.0 Å². The zero-order valence-corrected chi connectivity index (χ0v) is 18.6. The van der Waals surface area contributed by atoms with Crippen LogP contribution in [-0.2, 0) is 9.59 Å². The summed E-state index contributed by atoms with van der Waals surface area (Å²) in [7, 11) is 0. The third-order valence-corrected chi connectivity index (χ3v) is 6.45. The molecule has 0 saturated carbocycles. The van der Waals surface area contributed by atoms with Crippen molar-refractivity contribution in [2.45, 2.75) is 18.7 Å². The van der Waals surface area contributed by atoms with Crippen LogP contribution in [0.25, 0.3) is 5.57 Å².